The van der Waals surface area contributed by atoms with Crippen LogP contribution >= 0.6 is 11.6 Å². The predicted molar refractivity (Wildman–Crippen MR) is 68.3 cm³/mol. The van der Waals surface area contributed by atoms with E-state index in [9.17, 15) is 4.39 Å². The van der Waals surface area contributed by atoms with Gasteiger partial charge in [0.1, 0.15) is 5.82 Å². The SMILES string of the molecule is Fc1ccc(C=CCCCl)c2ccccc12. The highest BCUT2D eigenvalue weighted by Gasteiger charge is 2.02. The van der Waals surface area contributed by atoms with E-state index in [0.717, 1.165) is 17.4 Å². The summed E-state index contributed by atoms with van der Waals surface area (Å²) in [5.41, 5.74) is 1.03. The Balaban J connectivity index is 2.50. The number of allylic oxidation sites excluding steroid dienone is 1. The monoisotopic (exact) mass is 234 g/mol. The molecule has 0 nitrogen and oxygen atoms in total. The molecule has 0 bridgehead atoms. The summed E-state index contributed by atoms with van der Waals surface area (Å²) in [6.07, 6.45) is 4.82. The van der Waals surface area contributed by atoms with Gasteiger partial charge in [-0.2, -0.15) is 0 Å². The summed E-state index contributed by atoms with van der Waals surface area (Å²) in [5.74, 6) is 0.431. The van der Waals surface area contributed by atoms with Crippen LogP contribution in [0.1, 0.15) is 12.0 Å². The van der Waals surface area contributed by atoms with Crippen molar-refractivity contribution in [1.29, 1.82) is 0 Å². The molecule has 0 aliphatic rings. The minimum Gasteiger partial charge on any atom is -0.206 e. The maximum absolute atomic E-state index is 13.5. The summed E-state index contributed by atoms with van der Waals surface area (Å²) in [6, 6.07) is 10.8. The van der Waals surface area contributed by atoms with E-state index in [1.165, 1.54) is 6.07 Å². The molecule has 2 rings (SSSR count). The molecule has 0 atom stereocenters. The highest BCUT2D eigenvalue weighted by molar-refractivity contribution is 6.17. The predicted octanol–water partition coefficient (Wildman–Crippen LogP) is 4.62. The van der Waals surface area contributed by atoms with E-state index in [1.54, 1.807) is 12.1 Å². The topological polar surface area (TPSA) is 0 Å². The van der Waals surface area contributed by atoms with E-state index < -0.39 is 0 Å². The van der Waals surface area contributed by atoms with Crippen LogP contribution in [-0.2, 0) is 0 Å². The highest BCUT2D eigenvalue weighted by Crippen LogP contribution is 2.22. The second kappa shape index (κ2) is 5.13. The fourth-order valence-electron chi connectivity index (χ4n) is 1.70. The number of benzene rings is 2. The molecule has 0 aromatic heterocycles. The summed E-state index contributed by atoms with van der Waals surface area (Å²) in [5, 5.41) is 1.60. The molecule has 82 valence electrons. The normalized spacial score (nSPS) is 11.4. The Labute approximate surface area is 99.4 Å². The van der Waals surface area contributed by atoms with Crippen LogP contribution in [-0.4, -0.2) is 5.88 Å². The molecule has 2 heteroatoms. The maximum Gasteiger partial charge on any atom is 0.131 e. The van der Waals surface area contributed by atoms with Gasteiger partial charge in [0.15, 0.2) is 0 Å². The van der Waals surface area contributed by atoms with Crippen LogP contribution in [0.3, 0.4) is 0 Å². The summed E-state index contributed by atoms with van der Waals surface area (Å²) in [6.45, 7) is 0. The van der Waals surface area contributed by atoms with Gasteiger partial charge in [0, 0.05) is 11.3 Å². The van der Waals surface area contributed by atoms with Crippen molar-refractivity contribution in [3.8, 4) is 0 Å². The minimum atomic E-state index is -0.176. The van der Waals surface area contributed by atoms with Crippen molar-refractivity contribution in [2.24, 2.45) is 0 Å². The van der Waals surface area contributed by atoms with E-state index in [4.69, 9.17) is 11.6 Å². The zero-order chi connectivity index (χ0) is 11.4. The van der Waals surface area contributed by atoms with Crippen molar-refractivity contribution in [3.63, 3.8) is 0 Å². The minimum absolute atomic E-state index is 0.176. The Bertz CT molecular complexity index is 517. The van der Waals surface area contributed by atoms with E-state index in [-0.39, 0.29) is 5.82 Å². The summed E-state index contributed by atoms with van der Waals surface area (Å²) >= 11 is 5.60. The molecular formula is C14H12ClF. The summed E-state index contributed by atoms with van der Waals surface area (Å²) in [4.78, 5) is 0. The van der Waals surface area contributed by atoms with Crippen molar-refractivity contribution in [1.82, 2.24) is 0 Å². The molecule has 0 fully saturated rings. The van der Waals surface area contributed by atoms with Gasteiger partial charge in [-0.05, 0) is 23.4 Å². The van der Waals surface area contributed by atoms with Gasteiger partial charge in [-0.25, -0.2) is 4.39 Å². The van der Waals surface area contributed by atoms with Gasteiger partial charge in [-0.3, -0.25) is 0 Å². The van der Waals surface area contributed by atoms with Crippen LogP contribution in [0.2, 0.25) is 0 Å². The van der Waals surface area contributed by atoms with E-state index in [0.29, 0.717) is 11.3 Å². The maximum atomic E-state index is 13.5. The average molecular weight is 235 g/mol. The Kier molecular flexibility index (Phi) is 3.58. The number of fused-ring (bicyclic) bond motifs is 1. The number of hydrogen-bond acceptors (Lipinski definition) is 0. The largest absolute Gasteiger partial charge is 0.206 e. The van der Waals surface area contributed by atoms with Crippen LogP contribution in [0.4, 0.5) is 4.39 Å². The molecule has 2 aromatic rings. The lowest BCUT2D eigenvalue weighted by Gasteiger charge is -2.03. The third kappa shape index (κ3) is 2.25. The molecule has 2 aromatic carbocycles. The number of hydrogen-bond donors (Lipinski definition) is 0. The van der Waals surface area contributed by atoms with E-state index in [2.05, 4.69) is 0 Å². The third-order valence-corrected chi connectivity index (χ3v) is 2.70. The van der Waals surface area contributed by atoms with Gasteiger partial charge in [0.2, 0.25) is 0 Å². The molecule has 0 spiro atoms. The molecule has 16 heavy (non-hydrogen) atoms. The van der Waals surface area contributed by atoms with E-state index >= 15 is 0 Å². The summed E-state index contributed by atoms with van der Waals surface area (Å²) in [7, 11) is 0. The third-order valence-electron chi connectivity index (χ3n) is 2.48. The number of halogens is 2. The molecule has 0 N–H and O–H groups in total. The highest BCUT2D eigenvalue weighted by atomic mass is 35.5. The zero-order valence-electron chi connectivity index (χ0n) is 8.79. The van der Waals surface area contributed by atoms with E-state index in [1.807, 2.05) is 30.4 Å². The summed E-state index contributed by atoms with van der Waals surface area (Å²) < 4.78 is 13.5. The second-order valence-electron chi connectivity index (χ2n) is 3.56. The molecule has 0 unspecified atom stereocenters. The van der Waals surface area contributed by atoms with Gasteiger partial charge in [-0.1, -0.05) is 42.5 Å². The first-order valence-electron chi connectivity index (χ1n) is 5.22. The second-order valence-corrected chi connectivity index (χ2v) is 3.94. The van der Waals surface area contributed by atoms with Gasteiger partial charge in [-0.15, -0.1) is 11.6 Å². The molecule has 0 saturated carbocycles. The first-order chi connectivity index (χ1) is 7.83. The number of rotatable bonds is 3. The lowest BCUT2D eigenvalue weighted by molar-refractivity contribution is 0.640. The molecule has 0 saturated heterocycles. The fraction of sp³-hybridized carbons (Fsp3) is 0.143. The molecule has 0 amide bonds. The Morgan fingerprint density at radius 3 is 2.56 bits per heavy atom. The van der Waals surface area contributed by atoms with Gasteiger partial charge in [0.25, 0.3) is 0 Å². The first kappa shape index (κ1) is 11.2. The Hall–Kier alpha value is -1.34. The quantitative estimate of drug-likeness (QED) is 0.680. The standard InChI is InChI=1S/C14H12ClF/c15-10-4-3-5-11-8-9-14(16)13-7-2-1-6-12(11)13/h1-3,5-9H,4,10H2. The van der Waals surface area contributed by atoms with Crippen LogP contribution < -0.4 is 0 Å². The fourth-order valence-corrected chi connectivity index (χ4v) is 1.83. The Morgan fingerprint density at radius 1 is 1.06 bits per heavy atom. The van der Waals surface area contributed by atoms with Crippen molar-refractivity contribution in [2.45, 2.75) is 6.42 Å². The smallest absolute Gasteiger partial charge is 0.131 e. The zero-order valence-corrected chi connectivity index (χ0v) is 9.54. The average Bonchev–Trinajstić information content (AvgIpc) is 2.33. The van der Waals surface area contributed by atoms with Gasteiger partial charge >= 0.3 is 0 Å². The van der Waals surface area contributed by atoms with Crippen LogP contribution in [0, 0.1) is 5.82 Å². The lowest BCUT2D eigenvalue weighted by atomic mass is 10.0. The van der Waals surface area contributed by atoms with Gasteiger partial charge < -0.3 is 0 Å². The van der Waals surface area contributed by atoms with Crippen molar-refractivity contribution < 1.29 is 4.39 Å². The molecule has 0 aliphatic carbocycles. The van der Waals surface area contributed by atoms with Crippen LogP contribution in [0.15, 0.2) is 42.5 Å². The van der Waals surface area contributed by atoms with Crippen LogP contribution in [0.5, 0.6) is 0 Å². The lowest BCUT2D eigenvalue weighted by Crippen LogP contribution is -1.83. The van der Waals surface area contributed by atoms with Crippen LogP contribution in [0.25, 0.3) is 16.8 Å². The Morgan fingerprint density at radius 2 is 1.81 bits per heavy atom. The van der Waals surface area contributed by atoms with Crippen molar-refractivity contribution in [3.05, 3.63) is 53.9 Å². The number of alkyl halides is 1. The first-order valence-corrected chi connectivity index (χ1v) is 5.76. The molecule has 0 aliphatic heterocycles. The molecule has 0 heterocycles. The molecular weight excluding hydrogens is 223 g/mol. The molecule has 0 radical (unpaired) electrons. The van der Waals surface area contributed by atoms with Gasteiger partial charge in [0.05, 0.1) is 0 Å². The van der Waals surface area contributed by atoms with Crippen molar-refractivity contribution in [2.75, 3.05) is 5.88 Å². The van der Waals surface area contributed by atoms with Crippen molar-refractivity contribution >= 4 is 28.4 Å².